The van der Waals surface area contributed by atoms with Crippen LogP contribution in [0.25, 0.3) is 0 Å². The van der Waals surface area contributed by atoms with E-state index in [1.807, 2.05) is 13.2 Å². The van der Waals surface area contributed by atoms with Crippen molar-refractivity contribution in [3.05, 3.63) is 23.3 Å². The van der Waals surface area contributed by atoms with Crippen LogP contribution in [0.5, 0.6) is 11.5 Å². The minimum absolute atomic E-state index is 0.0585. The molecule has 1 aromatic carbocycles. The Bertz CT molecular complexity index is 1170. The van der Waals surface area contributed by atoms with Crippen LogP contribution in [-0.4, -0.2) is 66.2 Å². The Morgan fingerprint density at radius 1 is 1.18 bits per heavy atom. The van der Waals surface area contributed by atoms with E-state index in [-0.39, 0.29) is 40.3 Å². The van der Waals surface area contributed by atoms with Gasteiger partial charge in [-0.25, -0.2) is 0 Å². The third-order valence-corrected chi connectivity index (χ3v) is 11.5. The third kappa shape index (κ3) is 3.27. The summed E-state index contributed by atoms with van der Waals surface area (Å²) in [6.07, 6.45) is 10.2. The van der Waals surface area contributed by atoms with Crippen molar-refractivity contribution in [3.63, 3.8) is 0 Å². The maximum absolute atomic E-state index is 12.8. The van der Waals surface area contributed by atoms with Gasteiger partial charge in [0.05, 0.1) is 0 Å². The van der Waals surface area contributed by atoms with Crippen LogP contribution in [0, 0.1) is 17.3 Å². The topological polar surface area (TPSA) is 88.1 Å². The van der Waals surface area contributed by atoms with E-state index in [1.165, 1.54) is 30.5 Å². The lowest BCUT2D eigenvalue weighted by atomic mass is 9.35. The molecule has 6 atom stereocenters. The number of hydrogen-bond acceptors (Lipinski definition) is 6. The Balaban J connectivity index is 1.22. The molecular formula is C31H42N2O5. The van der Waals surface area contributed by atoms with E-state index in [0.717, 1.165) is 57.4 Å². The number of hydrogen-bond donors (Lipinski definition) is 2. The van der Waals surface area contributed by atoms with Gasteiger partial charge in [0.1, 0.15) is 17.5 Å². The van der Waals surface area contributed by atoms with Crippen LogP contribution in [-0.2, 0) is 26.2 Å². The maximum atomic E-state index is 12.8. The van der Waals surface area contributed by atoms with E-state index in [9.17, 15) is 14.7 Å². The van der Waals surface area contributed by atoms with Crippen molar-refractivity contribution in [3.8, 4) is 11.5 Å². The van der Waals surface area contributed by atoms with Crippen molar-refractivity contribution < 1.29 is 24.2 Å². The van der Waals surface area contributed by atoms with Crippen LogP contribution < -0.4 is 10.1 Å². The number of amides is 1. The second kappa shape index (κ2) is 8.69. The molecule has 1 amide bonds. The lowest BCUT2D eigenvalue weighted by Gasteiger charge is -2.74. The molecule has 2 spiro atoms. The Labute approximate surface area is 225 Å². The Morgan fingerprint density at radius 2 is 2.00 bits per heavy atom. The first-order valence-electron chi connectivity index (χ1n) is 14.9. The molecule has 2 N–H and O–H groups in total. The van der Waals surface area contributed by atoms with Gasteiger partial charge in [0.2, 0.25) is 5.91 Å². The van der Waals surface area contributed by atoms with E-state index in [2.05, 4.69) is 16.3 Å². The predicted octanol–water partition coefficient (Wildman–Crippen LogP) is 3.88. The average molecular weight is 523 g/mol. The predicted molar refractivity (Wildman–Crippen MR) is 142 cm³/mol. The molecule has 2 aliphatic heterocycles. The number of methoxy groups -OCH3 is 1. The zero-order chi connectivity index (χ0) is 26.3. The van der Waals surface area contributed by atoms with Crippen molar-refractivity contribution in [2.24, 2.45) is 17.3 Å². The zero-order valence-corrected chi connectivity index (χ0v) is 22.9. The first-order valence-corrected chi connectivity index (χ1v) is 14.9. The van der Waals surface area contributed by atoms with Gasteiger partial charge in [-0.2, -0.15) is 0 Å². The number of rotatable bonds is 10. The number of likely N-dealkylation sites (tertiary alicyclic amines) is 1. The summed E-state index contributed by atoms with van der Waals surface area (Å²) >= 11 is 0. The third-order valence-electron chi connectivity index (χ3n) is 11.5. The van der Waals surface area contributed by atoms with Crippen LogP contribution >= 0.6 is 0 Å². The molecule has 5 aliphatic carbocycles. The zero-order valence-electron chi connectivity index (χ0n) is 22.9. The van der Waals surface area contributed by atoms with Crippen molar-refractivity contribution in [1.29, 1.82) is 0 Å². The molecule has 206 valence electrons. The number of carbonyl (C=O) groups excluding carboxylic acids is 2. The number of phenolic OH excluding ortho intramolecular Hbond substituents is 1. The quantitative estimate of drug-likeness (QED) is 0.454. The summed E-state index contributed by atoms with van der Waals surface area (Å²) in [5.41, 5.74) is 2.06. The number of unbranched alkanes of at least 4 members (excludes halogenated alkanes) is 1. The highest BCUT2D eigenvalue weighted by Gasteiger charge is 2.80. The van der Waals surface area contributed by atoms with Gasteiger partial charge in [0.15, 0.2) is 11.5 Å². The molecule has 7 heteroatoms. The number of ketones is 1. The molecule has 7 nitrogen and oxygen atoms in total. The van der Waals surface area contributed by atoms with E-state index in [0.29, 0.717) is 31.2 Å². The molecule has 1 saturated heterocycles. The normalized spacial score (nSPS) is 38.0. The number of benzene rings is 1. The summed E-state index contributed by atoms with van der Waals surface area (Å²) < 4.78 is 13.4. The van der Waals surface area contributed by atoms with Crippen LogP contribution in [0.2, 0.25) is 0 Å². The summed E-state index contributed by atoms with van der Waals surface area (Å²) in [4.78, 5) is 26.9. The number of aromatic hydroxyl groups is 1. The summed E-state index contributed by atoms with van der Waals surface area (Å²) in [5.74, 6) is 2.19. The van der Waals surface area contributed by atoms with Crippen molar-refractivity contribution in [1.82, 2.24) is 10.2 Å². The van der Waals surface area contributed by atoms with Gasteiger partial charge < -0.3 is 24.7 Å². The van der Waals surface area contributed by atoms with E-state index >= 15 is 0 Å². The van der Waals surface area contributed by atoms with E-state index < -0.39 is 5.60 Å². The Kier molecular flexibility index (Phi) is 5.69. The highest BCUT2D eigenvalue weighted by atomic mass is 16.6. The smallest absolute Gasteiger partial charge is 0.220 e. The van der Waals surface area contributed by atoms with E-state index in [4.69, 9.17) is 9.47 Å². The molecule has 8 rings (SSSR count). The number of nitrogens with zero attached hydrogens (tertiary/aromatic N) is 1. The fourth-order valence-electron chi connectivity index (χ4n) is 9.77. The number of piperidine rings is 1. The summed E-state index contributed by atoms with van der Waals surface area (Å²) in [6, 6.07) is 4.44. The number of ether oxygens (including phenoxy) is 2. The highest BCUT2D eigenvalue weighted by Crippen LogP contribution is 2.76. The molecular weight excluding hydrogens is 480 g/mol. The van der Waals surface area contributed by atoms with Crippen LogP contribution in [0.15, 0.2) is 12.1 Å². The molecule has 1 aromatic rings. The molecule has 5 fully saturated rings. The van der Waals surface area contributed by atoms with Gasteiger partial charge in [0, 0.05) is 61.4 Å². The van der Waals surface area contributed by atoms with Crippen molar-refractivity contribution in [2.45, 2.75) is 101 Å². The van der Waals surface area contributed by atoms with E-state index in [1.54, 1.807) is 6.92 Å². The van der Waals surface area contributed by atoms with Gasteiger partial charge in [-0.15, -0.1) is 0 Å². The molecule has 0 aromatic heterocycles. The first-order chi connectivity index (χ1) is 18.3. The maximum Gasteiger partial charge on any atom is 0.220 e. The fourth-order valence-corrected chi connectivity index (χ4v) is 9.77. The Hall–Kier alpha value is -2.12. The standard InChI is InChI=1S/C31H42N2O5/c1-19(34)5-3-4-6-25(36)32-17-22-16-29-11-12-31(22,37-2)28-30(29)13-14-33(18-20-7-8-20)24(29)15-21-9-10-23(35)27(38-28)26(21)30/h9-10,20,22,24,28,35H,3-8,11-18H2,1-2H3,(H,32,36)/t22-,24-,28?,29-,30+,31?/m1/s1. The molecule has 0 radical (unpaired) electrons. The minimum Gasteiger partial charge on any atom is -0.504 e. The van der Waals surface area contributed by atoms with Crippen LogP contribution in [0.3, 0.4) is 0 Å². The second-order valence-corrected chi connectivity index (χ2v) is 13.3. The summed E-state index contributed by atoms with van der Waals surface area (Å²) in [7, 11) is 1.82. The van der Waals surface area contributed by atoms with Crippen molar-refractivity contribution >= 4 is 11.7 Å². The lowest BCUT2D eigenvalue weighted by Crippen LogP contribution is -2.81. The molecule has 38 heavy (non-hydrogen) atoms. The second-order valence-electron chi connectivity index (χ2n) is 13.3. The first kappa shape index (κ1) is 24.9. The molecule has 4 bridgehead atoms. The van der Waals surface area contributed by atoms with Crippen molar-refractivity contribution in [2.75, 3.05) is 26.7 Å². The highest BCUT2D eigenvalue weighted by molar-refractivity contribution is 5.77. The molecule has 2 heterocycles. The monoisotopic (exact) mass is 522 g/mol. The SMILES string of the molecule is COC12CC[C@@]3(C[C@@H]1CNC(=O)CCCCC(C)=O)[C@H]1Cc4ccc(O)c5c4[C@@]3(CCN1CC1CC1)C2O5. The number of phenols is 1. The molecule has 7 aliphatic rings. The number of carbonyl (C=O) groups is 2. The minimum atomic E-state index is -0.493. The largest absolute Gasteiger partial charge is 0.504 e. The average Bonchev–Trinajstić information content (AvgIpc) is 3.65. The molecule has 2 unspecified atom stereocenters. The van der Waals surface area contributed by atoms with Crippen LogP contribution in [0.4, 0.5) is 0 Å². The Morgan fingerprint density at radius 3 is 2.76 bits per heavy atom. The number of fused-ring (bicyclic) bond motifs is 2. The van der Waals surface area contributed by atoms with Gasteiger partial charge in [-0.05, 0) is 88.8 Å². The number of Topliss-reactive ketones (excluding diaryl/α,β-unsaturated/α-hetero) is 1. The number of nitrogens with one attached hydrogen (secondary N) is 1. The van der Waals surface area contributed by atoms with Crippen LogP contribution in [0.1, 0.15) is 82.3 Å². The lowest BCUT2D eigenvalue weighted by molar-refractivity contribution is -0.276. The summed E-state index contributed by atoms with van der Waals surface area (Å²) in [6.45, 7) is 4.47. The summed E-state index contributed by atoms with van der Waals surface area (Å²) in [5, 5.41) is 14.2. The van der Waals surface area contributed by atoms with Gasteiger partial charge in [0.25, 0.3) is 0 Å². The van der Waals surface area contributed by atoms with Gasteiger partial charge in [-0.1, -0.05) is 6.07 Å². The van der Waals surface area contributed by atoms with Gasteiger partial charge >= 0.3 is 0 Å². The fraction of sp³-hybridized carbons (Fsp3) is 0.742. The molecule has 4 saturated carbocycles. The van der Waals surface area contributed by atoms with Gasteiger partial charge in [-0.3, -0.25) is 9.69 Å².